The topological polar surface area (TPSA) is 115 Å². The van der Waals surface area contributed by atoms with E-state index in [9.17, 15) is 9.59 Å². The molecule has 0 aliphatic carbocycles. The molecule has 0 saturated carbocycles. The number of carbonyl (C=O) groups excluding carboxylic acids is 2. The Morgan fingerprint density at radius 2 is 1.65 bits per heavy atom. The van der Waals surface area contributed by atoms with Crippen LogP contribution in [0, 0.1) is 6.92 Å². The molecule has 0 aliphatic heterocycles. The Morgan fingerprint density at radius 1 is 0.919 bits per heavy atom. The van der Waals surface area contributed by atoms with Crippen molar-refractivity contribution in [2.24, 2.45) is 5.10 Å². The summed E-state index contributed by atoms with van der Waals surface area (Å²) in [5.74, 6) is 0.834. The maximum atomic E-state index is 12.2. The number of aromatic nitrogens is 2. The first-order valence-corrected chi connectivity index (χ1v) is 12.3. The second-order valence-electron chi connectivity index (χ2n) is 7.88. The number of hydrogen-bond donors (Lipinski definition) is 2. The van der Waals surface area contributed by atoms with Gasteiger partial charge in [-0.1, -0.05) is 53.8 Å². The van der Waals surface area contributed by atoms with Gasteiger partial charge in [0.15, 0.2) is 0 Å². The fourth-order valence-corrected chi connectivity index (χ4v) is 3.93. The Hall–Kier alpha value is -4.57. The molecule has 0 spiro atoms. The van der Waals surface area contributed by atoms with Crippen LogP contribution in [-0.2, 0) is 11.2 Å². The summed E-state index contributed by atoms with van der Waals surface area (Å²) >= 11 is 1.13. The molecular weight excluding hydrogens is 490 g/mol. The van der Waals surface area contributed by atoms with Gasteiger partial charge in [0.05, 0.1) is 12.6 Å². The van der Waals surface area contributed by atoms with Crippen molar-refractivity contribution < 1.29 is 19.1 Å². The van der Waals surface area contributed by atoms with Crippen molar-refractivity contribution in [3.05, 3.63) is 101 Å². The lowest BCUT2D eigenvalue weighted by Crippen LogP contribution is -2.19. The highest BCUT2D eigenvalue weighted by Crippen LogP contribution is 2.17. The monoisotopic (exact) mass is 515 g/mol. The molecule has 4 rings (SSSR count). The maximum absolute atomic E-state index is 12.2. The number of aryl methyl sites for hydroxylation is 1. The van der Waals surface area contributed by atoms with Gasteiger partial charge in [0, 0.05) is 5.56 Å². The van der Waals surface area contributed by atoms with Crippen LogP contribution in [0.1, 0.15) is 26.5 Å². The normalized spacial score (nSPS) is 10.7. The smallest absolute Gasteiger partial charge is 0.257 e. The van der Waals surface area contributed by atoms with Gasteiger partial charge in [0.2, 0.25) is 11.0 Å². The summed E-state index contributed by atoms with van der Waals surface area (Å²) in [5.41, 5.74) is 4.88. The third kappa shape index (κ3) is 8.25. The lowest BCUT2D eigenvalue weighted by Gasteiger charge is -2.09. The molecule has 0 fully saturated rings. The molecule has 0 unspecified atom stereocenters. The molecule has 4 aromatic rings. The van der Waals surface area contributed by atoms with Gasteiger partial charge < -0.3 is 9.47 Å². The molecule has 188 valence electrons. The number of rotatable bonds is 11. The Labute approximate surface area is 218 Å². The first kappa shape index (κ1) is 25.5. The van der Waals surface area contributed by atoms with Crippen molar-refractivity contribution in [3.8, 4) is 11.5 Å². The van der Waals surface area contributed by atoms with Crippen molar-refractivity contribution in [2.45, 2.75) is 13.3 Å². The minimum atomic E-state index is -0.353. The molecular formula is C27H25N5O4S. The van der Waals surface area contributed by atoms with Crippen LogP contribution in [-0.4, -0.2) is 41.4 Å². The van der Waals surface area contributed by atoms with E-state index in [2.05, 4.69) is 26.0 Å². The van der Waals surface area contributed by atoms with Gasteiger partial charge in [-0.25, -0.2) is 5.43 Å². The van der Waals surface area contributed by atoms with Gasteiger partial charge in [-0.15, -0.1) is 10.2 Å². The molecule has 3 aromatic carbocycles. The number of nitrogens with zero attached hydrogens (tertiary/aromatic N) is 3. The van der Waals surface area contributed by atoms with Crippen LogP contribution in [0.3, 0.4) is 0 Å². The second kappa shape index (κ2) is 12.9. The zero-order valence-corrected chi connectivity index (χ0v) is 20.9. The molecule has 37 heavy (non-hydrogen) atoms. The van der Waals surface area contributed by atoms with E-state index in [1.807, 2.05) is 61.5 Å². The van der Waals surface area contributed by atoms with Crippen LogP contribution in [0.5, 0.6) is 11.5 Å². The number of carbonyl (C=O) groups is 2. The molecule has 0 saturated heterocycles. The third-order valence-electron chi connectivity index (χ3n) is 4.91. The summed E-state index contributed by atoms with van der Waals surface area (Å²) in [6.07, 6.45) is 1.51. The molecule has 10 heteroatoms. The van der Waals surface area contributed by atoms with E-state index < -0.39 is 0 Å². The largest absolute Gasteiger partial charge is 0.490 e. The number of amides is 2. The van der Waals surface area contributed by atoms with E-state index in [1.54, 1.807) is 24.3 Å². The fourth-order valence-electron chi connectivity index (χ4n) is 3.20. The number of hydrogen-bond acceptors (Lipinski definition) is 8. The first-order chi connectivity index (χ1) is 18.0. The predicted molar refractivity (Wildman–Crippen MR) is 142 cm³/mol. The first-order valence-electron chi connectivity index (χ1n) is 11.5. The summed E-state index contributed by atoms with van der Waals surface area (Å²) in [5, 5.41) is 15.3. The summed E-state index contributed by atoms with van der Waals surface area (Å²) < 4.78 is 11.4. The molecule has 9 nitrogen and oxygen atoms in total. The lowest BCUT2D eigenvalue weighted by atomic mass is 10.2. The quantitative estimate of drug-likeness (QED) is 0.175. The molecule has 2 N–H and O–H groups in total. The van der Waals surface area contributed by atoms with Gasteiger partial charge in [-0.05, 0) is 54.4 Å². The minimum absolute atomic E-state index is 0.0136. The fraction of sp³-hybridized carbons (Fsp3) is 0.148. The van der Waals surface area contributed by atoms with E-state index in [0.717, 1.165) is 28.2 Å². The van der Waals surface area contributed by atoms with E-state index >= 15 is 0 Å². The van der Waals surface area contributed by atoms with Crippen LogP contribution in [0.2, 0.25) is 0 Å². The van der Waals surface area contributed by atoms with Gasteiger partial charge in [-0.2, -0.15) is 5.10 Å². The number of hydrazone groups is 1. The Balaban J connectivity index is 1.20. The van der Waals surface area contributed by atoms with Crippen molar-refractivity contribution in [1.29, 1.82) is 0 Å². The summed E-state index contributed by atoms with van der Waals surface area (Å²) in [7, 11) is 0. The summed E-state index contributed by atoms with van der Waals surface area (Å²) in [6, 6.07) is 24.0. The second-order valence-corrected chi connectivity index (χ2v) is 8.94. The lowest BCUT2D eigenvalue weighted by molar-refractivity contribution is -0.120. The van der Waals surface area contributed by atoms with E-state index in [0.29, 0.717) is 34.7 Å². The van der Waals surface area contributed by atoms with Gasteiger partial charge in [0.25, 0.3) is 5.91 Å². The Bertz CT molecular complexity index is 1370. The molecule has 0 radical (unpaired) electrons. The van der Waals surface area contributed by atoms with Crippen LogP contribution < -0.4 is 20.2 Å². The van der Waals surface area contributed by atoms with E-state index in [4.69, 9.17) is 9.47 Å². The maximum Gasteiger partial charge on any atom is 0.257 e. The minimum Gasteiger partial charge on any atom is -0.490 e. The number of ether oxygens (including phenoxy) is 2. The van der Waals surface area contributed by atoms with Gasteiger partial charge >= 0.3 is 0 Å². The standard InChI is InChI=1S/C27H25N5O4S/c1-19-7-5-11-22(15-19)35-13-14-36-23-12-6-8-20(16-23)18-28-30-24(33)17-25-31-32-27(37-25)29-26(34)21-9-3-2-4-10-21/h2-12,15-16,18H,13-14,17H2,1H3,(H,30,33)(H,29,32,34)/b28-18-. The molecule has 0 aliphatic rings. The van der Waals surface area contributed by atoms with Crippen LogP contribution >= 0.6 is 11.3 Å². The van der Waals surface area contributed by atoms with E-state index in [1.165, 1.54) is 6.21 Å². The summed E-state index contributed by atoms with van der Waals surface area (Å²) in [6.45, 7) is 2.82. The van der Waals surface area contributed by atoms with Crippen molar-refractivity contribution >= 4 is 34.5 Å². The van der Waals surface area contributed by atoms with Crippen LogP contribution in [0.25, 0.3) is 0 Å². The average molecular weight is 516 g/mol. The zero-order valence-electron chi connectivity index (χ0n) is 20.1. The van der Waals surface area contributed by atoms with Crippen LogP contribution in [0.4, 0.5) is 5.13 Å². The number of anilines is 1. The highest BCUT2D eigenvalue weighted by Gasteiger charge is 2.12. The molecule has 1 aromatic heterocycles. The molecule has 2 amide bonds. The van der Waals surface area contributed by atoms with E-state index in [-0.39, 0.29) is 18.2 Å². The number of nitrogens with one attached hydrogen (secondary N) is 2. The predicted octanol–water partition coefficient (Wildman–Crippen LogP) is 4.25. The average Bonchev–Trinajstić information content (AvgIpc) is 3.34. The van der Waals surface area contributed by atoms with Gasteiger partial charge in [-0.3, -0.25) is 14.9 Å². The molecule has 1 heterocycles. The van der Waals surface area contributed by atoms with Gasteiger partial charge in [0.1, 0.15) is 29.7 Å². The SMILES string of the molecule is Cc1cccc(OCCOc2cccc(/C=N\NC(=O)Cc3nnc(NC(=O)c4ccccc4)s3)c2)c1. The summed E-state index contributed by atoms with van der Waals surface area (Å²) in [4.78, 5) is 24.4. The molecule has 0 atom stereocenters. The van der Waals surface area contributed by atoms with Crippen molar-refractivity contribution in [1.82, 2.24) is 15.6 Å². The Kier molecular flexibility index (Phi) is 8.92. The van der Waals surface area contributed by atoms with Crippen molar-refractivity contribution in [3.63, 3.8) is 0 Å². The van der Waals surface area contributed by atoms with Crippen LogP contribution in [0.15, 0.2) is 84.0 Å². The molecule has 0 bridgehead atoms. The van der Waals surface area contributed by atoms with Crippen molar-refractivity contribution in [2.75, 3.05) is 18.5 Å². The Morgan fingerprint density at radius 3 is 2.41 bits per heavy atom. The zero-order chi connectivity index (χ0) is 25.9. The number of benzene rings is 3. The highest BCUT2D eigenvalue weighted by atomic mass is 32.1. The third-order valence-corrected chi connectivity index (χ3v) is 5.75. The highest BCUT2D eigenvalue weighted by molar-refractivity contribution is 7.15.